The number of hydrogen-bond acceptors (Lipinski definition) is 4. The quantitative estimate of drug-likeness (QED) is 0.242. The number of rotatable bonds is 11. The first-order valence-electron chi connectivity index (χ1n) is 14.7. The van der Waals surface area contributed by atoms with Crippen LogP contribution in [-0.2, 0) is 26.2 Å². The molecule has 7 nitrogen and oxygen atoms in total. The fraction of sp³-hybridized carbons (Fsp3) is 0.394. The molecule has 1 saturated carbocycles. The van der Waals surface area contributed by atoms with Crippen LogP contribution in [0.15, 0.2) is 71.6 Å². The molecule has 4 rings (SSSR count). The maximum Gasteiger partial charge on any atom is 0.264 e. The Labute approximate surface area is 265 Å². The van der Waals surface area contributed by atoms with E-state index in [9.17, 15) is 18.0 Å². The van der Waals surface area contributed by atoms with Gasteiger partial charge in [0.25, 0.3) is 10.0 Å². The van der Waals surface area contributed by atoms with E-state index in [4.69, 9.17) is 23.2 Å². The number of nitrogens with one attached hydrogen (secondary N) is 1. The van der Waals surface area contributed by atoms with Crippen LogP contribution in [0.25, 0.3) is 0 Å². The summed E-state index contributed by atoms with van der Waals surface area (Å²) in [5.41, 5.74) is 2.60. The van der Waals surface area contributed by atoms with Crippen LogP contribution in [-0.4, -0.2) is 43.8 Å². The molecule has 1 N–H and O–H groups in total. The molecule has 1 unspecified atom stereocenters. The Hall–Kier alpha value is -3.07. The van der Waals surface area contributed by atoms with Gasteiger partial charge in [-0.05, 0) is 74.6 Å². The minimum Gasteiger partial charge on any atom is -0.352 e. The topological polar surface area (TPSA) is 86.8 Å². The molecule has 230 valence electrons. The monoisotopic (exact) mass is 643 g/mol. The molecule has 1 aliphatic carbocycles. The summed E-state index contributed by atoms with van der Waals surface area (Å²) in [6.07, 6.45) is 5.38. The zero-order valence-electron chi connectivity index (χ0n) is 24.9. The van der Waals surface area contributed by atoms with Gasteiger partial charge in [0.1, 0.15) is 12.6 Å². The van der Waals surface area contributed by atoms with Gasteiger partial charge in [-0.15, -0.1) is 0 Å². The van der Waals surface area contributed by atoms with Crippen LogP contribution in [0.1, 0.15) is 62.1 Å². The van der Waals surface area contributed by atoms with E-state index < -0.39 is 28.5 Å². The number of aryl methyl sites for hydroxylation is 2. The number of halogens is 2. The minimum atomic E-state index is -4.14. The average Bonchev–Trinajstić information content (AvgIpc) is 2.98. The molecule has 3 aromatic rings. The van der Waals surface area contributed by atoms with Crippen LogP contribution in [0.5, 0.6) is 0 Å². The lowest BCUT2D eigenvalue weighted by Gasteiger charge is -2.35. The van der Waals surface area contributed by atoms with Gasteiger partial charge >= 0.3 is 0 Å². The largest absolute Gasteiger partial charge is 0.352 e. The Kier molecular flexibility index (Phi) is 11.2. The van der Waals surface area contributed by atoms with Crippen molar-refractivity contribution < 1.29 is 18.0 Å². The number of anilines is 1. The van der Waals surface area contributed by atoms with Gasteiger partial charge in [0.05, 0.1) is 10.6 Å². The van der Waals surface area contributed by atoms with E-state index in [0.717, 1.165) is 42.0 Å². The van der Waals surface area contributed by atoms with Gasteiger partial charge in [-0.2, -0.15) is 0 Å². The molecular weight excluding hydrogens is 605 g/mol. The van der Waals surface area contributed by atoms with Crippen molar-refractivity contribution in [3.63, 3.8) is 0 Å². The summed E-state index contributed by atoms with van der Waals surface area (Å²) >= 11 is 12.7. The average molecular weight is 645 g/mol. The summed E-state index contributed by atoms with van der Waals surface area (Å²) in [5, 5.41) is 3.96. The van der Waals surface area contributed by atoms with Crippen LogP contribution in [0.4, 0.5) is 5.69 Å². The lowest BCUT2D eigenvalue weighted by Crippen LogP contribution is -2.54. The van der Waals surface area contributed by atoms with Gasteiger partial charge in [0.15, 0.2) is 0 Å². The lowest BCUT2D eigenvalue weighted by molar-refractivity contribution is -0.140. The van der Waals surface area contributed by atoms with E-state index in [2.05, 4.69) is 5.32 Å². The Balaban J connectivity index is 1.73. The third-order valence-corrected chi connectivity index (χ3v) is 10.3. The standard InChI is InChI=1S/C33H39Cl2N3O4S/c1-4-30(33(40)36-27-11-6-5-7-12-27)37(21-25-16-17-26(34)20-29(25)35)32(39)22-38(31-13-9-8-10-24(31)3)43(41,42)28-18-14-23(2)15-19-28/h8-10,13-20,27,30H,4-7,11-12,21-22H2,1-3H3,(H,36,40). The Morgan fingerprint density at radius 3 is 2.26 bits per heavy atom. The fourth-order valence-electron chi connectivity index (χ4n) is 5.49. The zero-order valence-corrected chi connectivity index (χ0v) is 27.2. The first-order chi connectivity index (χ1) is 20.5. The maximum absolute atomic E-state index is 14.3. The highest BCUT2D eigenvalue weighted by molar-refractivity contribution is 7.92. The summed E-state index contributed by atoms with van der Waals surface area (Å²) in [7, 11) is -4.14. The van der Waals surface area contributed by atoms with E-state index in [0.29, 0.717) is 33.3 Å². The molecule has 0 saturated heterocycles. The highest BCUT2D eigenvalue weighted by Crippen LogP contribution is 2.29. The number of hydrogen-bond donors (Lipinski definition) is 1. The minimum absolute atomic E-state index is 0.0115. The molecule has 1 atom stereocenters. The highest BCUT2D eigenvalue weighted by Gasteiger charge is 2.35. The molecule has 1 fully saturated rings. The Bertz CT molecular complexity index is 1540. The molecule has 43 heavy (non-hydrogen) atoms. The number of para-hydroxylation sites is 1. The van der Waals surface area contributed by atoms with E-state index in [1.807, 2.05) is 19.9 Å². The second-order valence-corrected chi connectivity index (χ2v) is 13.8. The predicted molar refractivity (Wildman–Crippen MR) is 173 cm³/mol. The summed E-state index contributed by atoms with van der Waals surface area (Å²) < 4.78 is 29.3. The molecule has 0 aromatic heterocycles. The van der Waals surface area contributed by atoms with Crippen molar-refractivity contribution >= 4 is 50.7 Å². The SMILES string of the molecule is CCC(C(=O)NC1CCCCC1)N(Cc1ccc(Cl)cc1Cl)C(=O)CN(c1ccccc1C)S(=O)(=O)c1ccc(C)cc1. The molecule has 1 aliphatic rings. The zero-order chi connectivity index (χ0) is 31.1. The van der Waals surface area contributed by atoms with Crippen molar-refractivity contribution in [3.05, 3.63) is 93.5 Å². The molecule has 2 amide bonds. The van der Waals surface area contributed by atoms with Crippen LogP contribution in [0, 0.1) is 13.8 Å². The number of carbonyl (C=O) groups excluding carboxylic acids is 2. The smallest absolute Gasteiger partial charge is 0.264 e. The third kappa shape index (κ3) is 8.11. The predicted octanol–water partition coefficient (Wildman–Crippen LogP) is 7.06. The van der Waals surface area contributed by atoms with E-state index in [-0.39, 0.29) is 23.4 Å². The highest BCUT2D eigenvalue weighted by atomic mass is 35.5. The van der Waals surface area contributed by atoms with Gasteiger partial charge in [-0.3, -0.25) is 13.9 Å². The van der Waals surface area contributed by atoms with Gasteiger partial charge in [-0.1, -0.05) is 91.3 Å². The van der Waals surface area contributed by atoms with Crippen LogP contribution in [0.3, 0.4) is 0 Å². The van der Waals surface area contributed by atoms with Crippen molar-refractivity contribution in [1.29, 1.82) is 0 Å². The summed E-state index contributed by atoms with van der Waals surface area (Å²) in [6, 6.07) is 17.8. The van der Waals surface area contributed by atoms with Gasteiger partial charge < -0.3 is 10.2 Å². The number of amides is 2. The maximum atomic E-state index is 14.3. The number of carbonyl (C=O) groups is 2. The molecule has 10 heteroatoms. The van der Waals surface area contributed by atoms with Crippen LogP contribution >= 0.6 is 23.2 Å². The van der Waals surface area contributed by atoms with E-state index in [1.165, 1.54) is 17.0 Å². The van der Waals surface area contributed by atoms with Crippen molar-refractivity contribution in [2.45, 2.75) is 82.8 Å². The van der Waals surface area contributed by atoms with E-state index >= 15 is 0 Å². The van der Waals surface area contributed by atoms with Gasteiger partial charge in [-0.25, -0.2) is 8.42 Å². The molecule has 3 aromatic carbocycles. The van der Waals surface area contributed by atoms with Crippen molar-refractivity contribution in [3.8, 4) is 0 Å². The number of benzene rings is 3. The second kappa shape index (κ2) is 14.6. The molecule has 0 aliphatic heterocycles. The third-order valence-electron chi connectivity index (χ3n) is 7.97. The molecule has 0 bridgehead atoms. The summed E-state index contributed by atoms with van der Waals surface area (Å²) in [5.74, 6) is -0.771. The van der Waals surface area contributed by atoms with Crippen LogP contribution < -0.4 is 9.62 Å². The van der Waals surface area contributed by atoms with Crippen molar-refractivity contribution in [2.75, 3.05) is 10.8 Å². The number of sulfonamides is 1. The molecule has 0 heterocycles. The summed E-state index contributed by atoms with van der Waals surface area (Å²) in [6.45, 7) is 5.03. The first kappa shape index (κ1) is 32.8. The molecule has 0 spiro atoms. The molecule has 0 radical (unpaired) electrons. The Morgan fingerprint density at radius 2 is 1.63 bits per heavy atom. The van der Waals surface area contributed by atoms with E-state index in [1.54, 1.807) is 55.5 Å². The summed E-state index contributed by atoms with van der Waals surface area (Å²) in [4.78, 5) is 29.5. The second-order valence-electron chi connectivity index (χ2n) is 11.1. The molecular formula is C33H39Cl2N3O4S. The van der Waals surface area contributed by atoms with Crippen LogP contribution in [0.2, 0.25) is 10.0 Å². The fourth-order valence-corrected chi connectivity index (χ4v) is 7.44. The van der Waals surface area contributed by atoms with Gasteiger partial charge in [0, 0.05) is 22.6 Å². The van der Waals surface area contributed by atoms with Gasteiger partial charge in [0.2, 0.25) is 11.8 Å². The Morgan fingerprint density at radius 1 is 0.953 bits per heavy atom. The van der Waals surface area contributed by atoms with Crippen molar-refractivity contribution in [1.82, 2.24) is 10.2 Å². The lowest BCUT2D eigenvalue weighted by atomic mass is 9.95. The first-order valence-corrected chi connectivity index (χ1v) is 16.9. The normalized spacial score (nSPS) is 14.6. The van der Waals surface area contributed by atoms with Crippen molar-refractivity contribution in [2.24, 2.45) is 0 Å². The number of nitrogens with zero attached hydrogens (tertiary/aromatic N) is 2.